The maximum atomic E-state index is 11.3. The molecule has 0 aliphatic heterocycles. The van der Waals surface area contributed by atoms with E-state index in [4.69, 9.17) is 5.53 Å². The summed E-state index contributed by atoms with van der Waals surface area (Å²) in [6, 6.07) is -0.275. The summed E-state index contributed by atoms with van der Waals surface area (Å²) in [7, 11) is 0. The molecule has 0 fully saturated rings. The minimum atomic E-state index is -0.976. The molecule has 0 aromatic heterocycles. The summed E-state index contributed by atoms with van der Waals surface area (Å²) in [5.41, 5.74) is 7.86. The van der Waals surface area contributed by atoms with Crippen LogP contribution in [0.4, 0.5) is 4.79 Å². The van der Waals surface area contributed by atoms with Crippen LogP contribution in [0.1, 0.15) is 41.0 Å². The Kier molecular flexibility index (Phi) is 5.82. The molecule has 0 aromatic carbocycles. The van der Waals surface area contributed by atoms with Gasteiger partial charge in [0.2, 0.25) is 0 Å². The van der Waals surface area contributed by atoms with Gasteiger partial charge in [0.15, 0.2) is 0 Å². The Labute approximate surface area is 102 Å². The van der Waals surface area contributed by atoms with Crippen molar-refractivity contribution < 1.29 is 9.90 Å². The van der Waals surface area contributed by atoms with E-state index in [1.165, 1.54) is 4.90 Å². The first kappa shape index (κ1) is 15.6. The number of carboxylic acid groups (broad SMARTS) is 1. The van der Waals surface area contributed by atoms with Crippen LogP contribution < -0.4 is 0 Å². The molecule has 0 saturated carbocycles. The average Bonchev–Trinajstić information content (AvgIpc) is 2.10. The summed E-state index contributed by atoms with van der Waals surface area (Å²) >= 11 is 0. The summed E-state index contributed by atoms with van der Waals surface area (Å²) in [4.78, 5) is 15.4. The summed E-state index contributed by atoms with van der Waals surface area (Å²) in [5, 5.41) is 12.8. The van der Waals surface area contributed by atoms with Crippen LogP contribution in [-0.2, 0) is 0 Å². The van der Waals surface area contributed by atoms with Gasteiger partial charge in [-0.1, -0.05) is 19.0 Å². The average molecular weight is 242 g/mol. The molecule has 1 atom stereocenters. The van der Waals surface area contributed by atoms with E-state index >= 15 is 0 Å². The molecule has 0 saturated heterocycles. The Bertz CT molecular complexity index is 303. The molecule has 6 nitrogen and oxygen atoms in total. The molecule has 1 N–H and O–H groups in total. The zero-order valence-electron chi connectivity index (χ0n) is 11.2. The van der Waals surface area contributed by atoms with E-state index in [9.17, 15) is 9.90 Å². The number of hydrogen-bond acceptors (Lipinski definition) is 2. The molecular formula is C11H22N4O2. The minimum Gasteiger partial charge on any atom is -0.465 e. The van der Waals surface area contributed by atoms with Gasteiger partial charge in [-0.2, -0.15) is 0 Å². The van der Waals surface area contributed by atoms with Crippen molar-refractivity contribution >= 4 is 6.09 Å². The quantitative estimate of drug-likeness (QED) is 0.454. The highest BCUT2D eigenvalue weighted by atomic mass is 16.4. The van der Waals surface area contributed by atoms with E-state index in [0.29, 0.717) is 12.3 Å². The van der Waals surface area contributed by atoms with Gasteiger partial charge in [0, 0.05) is 23.0 Å². The summed E-state index contributed by atoms with van der Waals surface area (Å²) in [5.74, 6) is 0.345. The minimum absolute atomic E-state index is 0.179. The lowest BCUT2D eigenvalue weighted by atomic mass is 9.97. The lowest BCUT2D eigenvalue weighted by Gasteiger charge is -2.39. The molecule has 0 heterocycles. The largest absolute Gasteiger partial charge is 0.465 e. The van der Waals surface area contributed by atoms with E-state index < -0.39 is 11.6 Å². The lowest BCUT2D eigenvalue weighted by Crippen LogP contribution is -2.52. The maximum Gasteiger partial charge on any atom is 0.407 e. The van der Waals surface area contributed by atoms with E-state index in [1.54, 1.807) is 0 Å². The van der Waals surface area contributed by atoms with Crippen LogP contribution in [0.15, 0.2) is 5.11 Å². The molecule has 1 unspecified atom stereocenters. The predicted molar refractivity (Wildman–Crippen MR) is 66.9 cm³/mol. The van der Waals surface area contributed by atoms with Gasteiger partial charge in [-0.3, -0.25) is 0 Å². The topological polar surface area (TPSA) is 89.3 Å². The molecule has 17 heavy (non-hydrogen) atoms. The number of hydrogen-bond donors (Lipinski definition) is 1. The highest BCUT2D eigenvalue weighted by molar-refractivity contribution is 5.66. The molecule has 0 rings (SSSR count). The molecule has 0 bridgehead atoms. The molecular weight excluding hydrogens is 220 g/mol. The van der Waals surface area contributed by atoms with Crippen LogP contribution in [0.25, 0.3) is 10.4 Å². The van der Waals surface area contributed by atoms with Crippen molar-refractivity contribution in [3.05, 3.63) is 10.4 Å². The van der Waals surface area contributed by atoms with Crippen LogP contribution >= 0.6 is 0 Å². The molecule has 6 heteroatoms. The van der Waals surface area contributed by atoms with Crippen molar-refractivity contribution in [3.63, 3.8) is 0 Å². The Hall–Kier alpha value is -1.42. The first-order valence-corrected chi connectivity index (χ1v) is 5.73. The second kappa shape index (κ2) is 6.35. The molecule has 1 amide bonds. The second-order valence-electron chi connectivity index (χ2n) is 5.52. The van der Waals surface area contributed by atoms with E-state index in [1.807, 2.05) is 34.6 Å². The van der Waals surface area contributed by atoms with Crippen molar-refractivity contribution in [2.45, 2.75) is 52.6 Å². The standard InChI is InChI=1S/C11H22N4O2/c1-8(2)6-9(7-13-14-12)15(10(16)17)11(3,4)5/h8-9H,6-7H2,1-5H3,(H,16,17). The fourth-order valence-corrected chi connectivity index (χ4v) is 1.93. The van der Waals surface area contributed by atoms with Crippen molar-refractivity contribution in [3.8, 4) is 0 Å². The van der Waals surface area contributed by atoms with Gasteiger partial charge in [-0.25, -0.2) is 4.79 Å². The molecule has 98 valence electrons. The normalized spacial score (nSPS) is 13.1. The van der Waals surface area contributed by atoms with Crippen molar-refractivity contribution in [2.24, 2.45) is 11.0 Å². The van der Waals surface area contributed by atoms with Gasteiger partial charge in [-0.05, 0) is 38.6 Å². The number of nitrogens with zero attached hydrogens (tertiary/aromatic N) is 4. The maximum absolute atomic E-state index is 11.3. The Morgan fingerprint density at radius 1 is 1.47 bits per heavy atom. The second-order valence-corrected chi connectivity index (χ2v) is 5.52. The van der Waals surface area contributed by atoms with Crippen molar-refractivity contribution in [1.29, 1.82) is 0 Å². The monoisotopic (exact) mass is 242 g/mol. The van der Waals surface area contributed by atoms with Crippen LogP contribution in [-0.4, -0.2) is 34.2 Å². The molecule has 0 aromatic rings. The number of rotatable bonds is 5. The van der Waals surface area contributed by atoms with Crippen LogP contribution in [0.5, 0.6) is 0 Å². The Morgan fingerprint density at radius 2 is 2.00 bits per heavy atom. The first-order valence-electron chi connectivity index (χ1n) is 5.73. The third-order valence-electron chi connectivity index (χ3n) is 2.39. The fourth-order valence-electron chi connectivity index (χ4n) is 1.93. The van der Waals surface area contributed by atoms with Crippen LogP contribution in [0.3, 0.4) is 0 Å². The van der Waals surface area contributed by atoms with E-state index in [2.05, 4.69) is 10.0 Å². The third-order valence-corrected chi connectivity index (χ3v) is 2.39. The van der Waals surface area contributed by atoms with Gasteiger partial charge in [0.25, 0.3) is 0 Å². The number of amides is 1. The van der Waals surface area contributed by atoms with Gasteiger partial charge in [-0.15, -0.1) is 0 Å². The van der Waals surface area contributed by atoms with E-state index in [0.717, 1.165) is 0 Å². The zero-order valence-corrected chi connectivity index (χ0v) is 11.2. The van der Waals surface area contributed by atoms with Gasteiger partial charge in [0.05, 0.1) is 0 Å². The summed E-state index contributed by atoms with van der Waals surface area (Å²) in [6.07, 6.45) is -0.293. The highest BCUT2D eigenvalue weighted by Crippen LogP contribution is 2.22. The highest BCUT2D eigenvalue weighted by Gasteiger charge is 2.32. The van der Waals surface area contributed by atoms with Gasteiger partial charge in [0.1, 0.15) is 0 Å². The van der Waals surface area contributed by atoms with Crippen molar-refractivity contribution in [2.75, 3.05) is 6.54 Å². The predicted octanol–water partition coefficient (Wildman–Crippen LogP) is 3.49. The molecule has 0 radical (unpaired) electrons. The molecule has 0 aliphatic carbocycles. The zero-order chi connectivity index (χ0) is 13.6. The van der Waals surface area contributed by atoms with Gasteiger partial charge < -0.3 is 10.0 Å². The fraction of sp³-hybridized carbons (Fsp3) is 0.909. The first-order chi connectivity index (χ1) is 7.70. The smallest absolute Gasteiger partial charge is 0.407 e. The molecule has 0 spiro atoms. The van der Waals surface area contributed by atoms with Crippen molar-refractivity contribution in [1.82, 2.24) is 4.90 Å². The molecule has 0 aliphatic rings. The van der Waals surface area contributed by atoms with Gasteiger partial charge >= 0.3 is 6.09 Å². The Balaban J connectivity index is 5.06. The lowest BCUT2D eigenvalue weighted by molar-refractivity contribution is 0.0657. The van der Waals surface area contributed by atoms with E-state index in [-0.39, 0.29) is 12.6 Å². The number of azide groups is 1. The SMILES string of the molecule is CC(C)CC(CN=[N+]=[N-])N(C(=O)O)C(C)(C)C. The Morgan fingerprint density at radius 3 is 2.29 bits per heavy atom. The van der Waals surface area contributed by atoms with Crippen LogP contribution in [0, 0.1) is 5.92 Å². The summed E-state index contributed by atoms with van der Waals surface area (Å²) in [6.45, 7) is 9.73. The van der Waals surface area contributed by atoms with Crippen LogP contribution in [0.2, 0.25) is 0 Å². The third kappa shape index (κ3) is 5.45. The number of carbonyl (C=O) groups is 1. The summed E-state index contributed by atoms with van der Waals surface area (Å²) < 4.78 is 0.